The minimum atomic E-state index is -0.398. The van der Waals surface area contributed by atoms with Gasteiger partial charge in [-0.1, -0.05) is 41.1 Å². The van der Waals surface area contributed by atoms with Gasteiger partial charge in [0.05, 0.1) is 22.9 Å². The third-order valence-electron chi connectivity index (χ3n) is 3.94. The van der Waals surface area contributed by atoms with Gasteiger partial charge in [-0.25, -0.2) is 4.79 Å². The van der Waals surface area contributed by atoms with Gasteiger partial charge in [-0.15, -0.1) is 0 Å². The molecule has 0 spiro atoms. The Morgan fingerprint density at radius 1 is 1.26 bits per heavy atom. The van der Waals surface area contributed by atoms with Crippen LogP contribution in [0.3, 0.4) is 0 Å². The molecule has 1 heterocycles. The zero-order chi connectivity index (χ0) is 19.4. The third kappa shape index (κ3) is 4.18. The summed E-state index contributed by atoms with van der Waals surface area (Å²) in [6.45, 7) is 2.63. The van der Waals surface area contributed by atoms with Gasteiger partial charge in [0, 0.05) is 17.6 Å². The first-order valence-corrected chi connectivity index (χ1v) is 9.46. The largest absolute Gasteiger partial charge is 0.465 e. The highest BCUT2D eigenvalue weighted by atomic mass is 35.5. The Hall–Kier alpha value is -2.70. The van der Waals surface area contributed by atoms with Crippen LogP contribution in [0.5, 0.6) is 0 Å². The molecule has 3 rings (SSSR count). The number of thiazole rings is 1. The van der Waals surface area contributed by atoms with E-state index >= 15 is 0 Å². The van der Waals surface area contributed by atoms with Gasteiger partial charge < -0.3 is 9.30 Å². The number of carbonyl (C=O) groups is 2. The van der Waals surface area contributed by atoms with Crippen molar-refractivity contribution >= 4 is 51.1 Å². The molecule has 2 aromatic carbocycles. The van der Waals surface area contributed by atoms with Crippen molar-refractivity contribution in [1.82, 2.24) is 4.57 Å². The number of hydrogen-bond acceptors (Lipinski definition) is 4. The first-order valence-electron chi connectivity index (χ1n) is 8.26. The van der Waals surface area contributed by atoms with Crippen molar-refractivity contribution in [2.45, 2.75) is 13.5 Å². The van der Waals surface area contributed by atoms with Crippen LogP contribution < -0.4 is 4.80 Å². The van der Waals surface area contributed by atoms with E-state index in [-0.39, 0.29) is 5.91 Å². The van der Waals surface area contributed by atoms with Crippen molar-refractivity contribution in [1.29, 1.82) is 0 Å². The Labute approximate surface area is 165 Å². The van der Waals surface area contributed by atoms with Crippen molar-refractivity contribution in [2.24, 2.45) is 4.99 Å². The van der Waals surface area contributed by atoms with Crippen LogP contribution in [0.15, 0.2) is 53.5 Å². The summed E-state index contributed by atoms with van der Waals surface area (Å²) in [6, 6.07) is 12.6. The number of ether oxygens (including phenoxy) is 1. The van der Waals surface area contributed by atoms with Crippen LogP contribution in [0.1, 0.15) is 22.8 Å². The lowest BCUT2D eigenvalue weighted by Gasteiger charge is -2.01. The average molecular weight is 401 g/mol. The molecule has 1 aromatic heterocycles. The maximum atomic E-state index is 12.3. The second-order valence-corrected chi connectivity index (χ2v) is 7.02. The van der Waals surface area contributed by atoms with Crippen molar-refractivity contribution in [2.75, 3.05) is 7.11 Å². The molecule has 0 saturated heterocycles. The summed E-state index contributed by atoms with van der Waals surface area (Å²) in [5.74, 6) is -0.776. The maximum absolute atomic E-state index is 12.3. The highest BCUT2D eigenvalue weighted by Crippen LogP contribution is 2.20. The number of aromatic nitrogens is 1. The standard InChI is InChI=1S/C20H17ClN2O3S/c1-3-23-16-10-8-14(19(25)26-2)12-17(16)27-20(23)22-18(24)11-9-13-6-4-5-7-15(13)21/h4-12H,3H2,1-2H3. The molecule has 0 aliphatic carbocycles. The molecule has 0 radical (unpaired) electrons. The minimum Gasteiger partial charge on any atom is -0.465 e. The quantitative estimate of drug-likeness (QED) is 0.484. The van der Waals surface area contributed by atoms with E-state index in [1.807, 2.05) is 35.8 Å². The number of amides is 1. The first kappa shape index (κ1) is 19.1. The SMILES string of the molecule is CCn1c(=NC(=O)C=Cc2ccccc2Cl)sc2cc(C(=O)OC)ccc21. The molecule has 27 heavy (non-hydrogen) atoms. The van der Waals surface area contributed by atoms with Gasteiger partial charge >= 0.3 is 5.97 Å². The molecule has 1 amide bonds. The predicted molar refractivity (Wildman–Crippen MR) is 108 cm³/mol. The summed E-state index contributed by atoms with van der Waals surface area (Å²) in [7, 11) is 1.35. The number of hydrogen-bond donors (Lipinski definition) is 0. The maximum Gasteiger partial charge on any atom is 0.337 e. The molecule has 0 aliphatic heterocycles. The van der Waals surface area contributed by atoms with E-state index in [1.54, 1.807) is 24.3 Å². The molecule has 0 saturated carbocycles. The number of benzene rings is 2. The lowest BCUT2D eigenvalue weighted by atomic mass is 10.2. The van der Waals surface area contributed by atoms with Crippen LogP contribution in [-0.4, -0.2) is 23.6 Å². The Bertz CT molecular complexity index is 1110. The lowest BCUT2D eigenvalue weighted by molar-refractivity contribution is -0.113. The molecule has 0 bridgehead atoms. The van der Waals surface area contributed by atoms with Crippen LogP contribution in [0.25, 0.3) is 16.3 Å². The predicted octanol–water partition coefficient (Wildman–Crippen LogP) is 4.30. The van der Waals surface area contributed by atoms with Crippen LogP contribution in [0.4, 0.5) is 0 Å². The number of nitrogens with zero attached hydrogens (tertiary/aromatic N) is 2. The molecular formula is C20H17ClN2O3S. The Balaban J connectivity index is 1.98. The van der Waals surface area contributed by atoms with E-state index in [2.05, 4.69) is 4.99 Å². The van der Waals surface area contributed by atoms with Gasteiger partial charge in [-0.3, -0.25) is 4.79 Å². The average Bonchev–Trinajstić information content (AvgIpc) is 3.02. The van der Waals surface area contributed by atoms with Gasteiger partial charge in [0.25, 0.3) is 5.91 Å². The monoisotopic (exact) mass is 400 g/mol. The molecule has 0 N–H and O–H groups in total. The Morgan fingerprint density at radius 3 is 2.74 bits per heavy atom. The number of halogens is 1. The number of carbonyl (C=O) groups excluding carboxylic acids is 2. The van der Waals surface area contributed by atoms with Crippen molar-refractivity contribution in [3.8, 4) is 0 Å². The summed E-state index contributed by atoms with van der Waals surface area (Å²) in [5, 5.41) is 0.572. The topological polar surface area (TPSA) is 60.7 Å². The van der Waals surface area contributed by atoms with E-state index in [9.17, 15) is 9.59 Å². The smallest absolute Gasteiger partial charge is 0.337 e. The second-order valence-electron chi connectivity index (χ2n) is 5.61. The number of methoxy groups -OCH3 is 1. The second kappa shape index (κ2) is 8.33. The first-order chi connectivity index (χ1) is 13.0. The number of aryl methyl sites for hydroxylation is 1. The summed E-state index contributed by atoms with van der Waals surface area (Å²) >= 11 is 7.44. The summed E-state index contributed by atoms with van der Waals surface area (Å²) < 4.78 is 7.55. The van der Waals surface area contributed by atoms with Crippen molar-refractivity contribution < 1.29 is 14.3 Å². The van der Waals surface area contributed by atoms with E-state index in [0.29, 0.717) is 21.9 Å². The molecule has 0 fully saturated rings. The van der Waals surface area contributed by atoms with Crippen LogP contribution in [0, 0.1) is 0 Å². The fourth-order valence-corrected chi connectivity index (χ4v) is 3.95. The summed E-state index contributed by atoms with van der Waals surface area (Å²) in [5.41, 5.74) is 2.13. The van der Waals surface area contributed by atoms with Crippen molar-refractivity contribution in [3.05, 3.63) is 69.5 Å². The lowest BCUT2D eigenvalue weighted by Crippen LogP contribution is -2.15. The van der Waals surface area contributed by atoms with Crippen LogP contribution in [-0.2, 0) is 16.1 Å². The molecular weight excluding hydrogens is 384 g/mol. The van der Waals surface area contributed by atoms with Gasteiger partial charge in [-0.05, 0) is 42.8 Å². The highest BCUT2D eigenvalue weighted by molar-refractivity contribution is 7.16. The van der Waals surface area contributed by atoms with Crippen LogP contribution >= 0.6 is 22.9 Å². The molecule has 0 aliphatic rings. The van der Waals surface area contributed by atoms with Gasteiger partial charge in [-0.2, -0.15) is 4.99 Å². The van der Waals surface area contributed by atoms with Crippen molar-refractivity contribution in [3.63, 3.8) is 0 Å². The van der Waals surface area contributed by atoms with Gasteiger partial charge in [0.2, 0.25) is 0 Å². The zero-order valence-electron chi connectivity index (χ0n) is 14.8. The third-order valence-corrected chi connectivity index (χ3v) is 5.32. The number of fused-ring (bicyclic) bond motifs is 1. The van der Waals surface area contributed by atoms with E-state index < -0.39 is 5.97 Å². The normalized spacial score (nSPS) is 12.0. The van der Waals surface area contributed by atoms with Crippen LogP contribution in [0.2, 0.25) is 5.02 Å². The van der Waals surface area contributed by atoms with Gasteiger partial charge in [0.15, 0.2) is 4.80 Å². The highest BCUT2D eigenvalue weighted by Gasteiger charge is 2.11. The van der Waals surface area contributed by atoms with Gasteiger partial charge in [0.1, 0.15) is 0 Å². The molecule has 0 unspecified atom stereocenters. The number of rotatable bonds is 4. The molecule has 7 heteroatoms. The Morgan fingerprint density at radius 2 is 2.04 bits per heavy atom. The zero-order valence-corrected chi connectivity index (χ0v) is 16.4. The minimum absolute atomic E-state index is 0.378. The summed E-state index contributed by atoms with van der Waals surface area (Å²) in [4.78, 5) is 28.8. The molecule has 3 aromatic rings. The fourth-order valence-electron chi connectivity index (χ4n) is 2.61. The Kier molecular flexibility index (Phi) is 5.88. The fraction of sp³-hybridized carbons (Fsp3) is 0.150. The summed E-state index contributed by atoms with van der Waals surface area (Å²) in [6.07, 6.45) is 3.04. The van der Waals surface area contributed by atoms with E-state index in [1.165, 1.54) is 24.5 Å². The molecule has 5 nitrogen and oxygen atoms in total. The van der Waals surface area contributed by atoms with E-state index in [4.69, 9.17) is 16.3 Å². The van der Waals surface area contributed by atoms with E-state index in [0.717, 1.165) is 15.8 Å². The number of esters is 1. The molecule has 138 valence electrons. The molecule has 0 atom stereocenters.